The second-order valence-corrected chi connectivity index (χ2v) is 9.44. The summed E-state index contributed by atoms with van der Waals surface area (Å²) < 4.78 is 0. The van der Waals surface area contributed by atoms with E-state index in [1.807, 2.05) is 0 Å². The molecular formula is C30H27N. The molecule has 0 aliphatic heterocycles. The smallest absolute Gasteiger partial charge is 0.0442 e. The van der Waals surface area contributed by atoms with E-state index < -0.39 is 0 Å². The van der Waals surface area contributed by atoms with Gasteiger partial charge in [0, 0.05) is 22.6 Å². The molecular weight excluding hydrogens is 374 g/mol. The summed E-state index contributed by atoms with van der Waals surface area (Å²) in [4.78, 5) is 0. The quantitative estimate of drug-likeness (QED) is 0.337. The second kappa shape index (κ2) is 7.35. The van der Waals surface area contributed by atoms with Crippen molar-refractivity contribution in [2.75, 3.05) is 0 Å². The second-order valence-electron chi connectivity index (χ2n) is 9.44. The van der Waals surface area contributed by atoms with Crippen LogP contribution in [0.1, 0.15) is 54.5 Å². The van der Waals surface area contributed by atoms with Crippen molar-refractivity contribution in [3.8, 4) is 0 Å². The number of rotatable bonds is 3. The van der Waals surface area contributed by atoms with Crippen LogP contribution in [0.3, 0.4) is 0 Å². The Morgan fingerprint density at radius 2 is 1.32 bits per heavy atom. The highest BCUT2D eigenvalue weighted by Crippen LogP contribution is 2.48. The number of nitrogens with one attached hydrogen (secondary N) is 1. The average molecular weight is 402 g/mol. The fraction of sp³-hybridized carbons (Fsp3) is 0.167. The van der Waals surface area contributed by atoms with Gasteiger partial charge in [0.15, 0.2) is 0 Å². The van der Waals surface area contributed by atoms with Gasteiger partial charge in [-0.3, -0.25) is 0 Å². The molecule has 0 amide bonds. The van der Waals surface area contributed by atoms with E-state index in [2.05, 4.69) is 118 Å². The summed E-state index contributed by atoms with van der Waals surface area (Å²) in [7, 11) is 0. The van der Waals surface area contributed by atoms with E-state index in [0.29, 0.717) is 5.71 Å². The van der Waals surface area contributed by atoms with E-state index in [4.69, 9.17) is 5.41 Å². The van der Waals surface area contributed by atoms with Gasteiger partial charge in [-0.25, -0.2) is 0 Å². The third-order valence-electron chi connectivity index (χ3n) is 6.28. The summed E-state index contributed by atoms with van der Waals surface area (Å²) in [6, 6.07) is 32.4. The molecule has 1 aliphatic rings. The van der Waals surface area contributed by atoms with Gasteiger partial charge in [0.2, 0.25) is 0 Å². The van der Waals surface area contributed by atoms with Gasteiger partial charge in [0.1, 0.15) is 0 Å². The Kier molecular flexibility index (Phi) is 4.63. The number of fused-ring (bicyclic) bond motifs is 2. The zero-order chi connectivity index (χ0) is 21.6. The van der Waals surface area contributed by atoms with E-state index in [1.54, 1.807) is 0 Å². The molecule has 0 bridgehead atoms. The van der Waals surface area contributed by atoms with Crippen molar-refractivity contribution in [1.82, 2.24) is 0 Å². The normalized spacial score (nSPS) is 15.6. The lowest BCUT2D eigenvalue weighted by Crippen LogP contribution is -2.22. The van der Waals surface area contributed by atoms with Crippen LogP contribution in [0.25, 0.3) is 22.4 Å². The molecule has 1 N–H and O–H groups in total. The number of hydrogen-bond donors (Lipinski definition) is 1. The monoisotopic (exact) mass is 401 g/mol. The lowest BCUT2D eigenvalue weighted by molar-refractivity contribution is 0.588. The molecule has 1 unspecified atom stereocenters. The lowest BCUT2D eigenvalue weighted by Gasteiger charge is -2.27. The first kappa shape index (κ1) is 19.5. The van der Waals surface area contributed by atoms with E-state index in [1.165, 1.54) is 38.6 Å². The Morgan fingerprint density at radius 3 is 2.03 bits per heavy atom. The van der Waals surface area contributed by atoms with Crippen LogP contribution in [0.2, 0.25) is 0 Å². The van der Waals surface area contributed by atoms with Crippen LogP contribution in [-0.2, 0) is 0 Å². The van der Waals surface area contributed by atoms with E-state index >= 15 is 0 Å². The average Bonchev–Trinajstić information content (AvgIpc) is 3.17. The molecule has 4 aromatic carbocycles. The highest BCUT2D eigenvalue weighted by molar-refractivity contribution is 6.08. The minimum atomic E-state index is -0.230. The molecule has 0 saturated carbocycles. The van der Waals surface area contributed by atoms with Gasteiger partial charge in [-0.2, -0.15) is 0 Å². The van der Waals surface area contributed by atoms with Crippen LogP contribution in [0.5, 0.6) is 0 Å². The maximum Gasteiger partial charge on any atom is 0.0442 e. The minimum Gasteiger partial charge on any atom is -0.304 e. The largest absolute Gasteiger partial charge is 0.304 e. The fourth-order valence-corrected chi connectivity index (χ4v) is 4.66. The summed E-state index contributed by atoms with van der Waals surface area (Å²) in [6.07, 6.45) is 2.33. The minimum absolute atomic E-state index is 0.112. The van der Waals surface area contributed by atoms with Crippen LogP contribution >= 0.6 is 0 Å². The molecule has 1 nitrogen and oxygen atoms in total. The highest BCUT2D eigenvalue weighted by atomic mass is 14.5. The van der Waals surface area contributed by atoms with Crippen molar-refractivity contribution in [1.29, 1.82) is 5.41 Å². The summed E-state index contributed by atoms with van der Waals surface area (Å²) in [5.41, 5.74) is 7.86. The van der Waals surface area contributed by atoms with Gasteiger partial charge in [-0.05, 0) is 56.8 Å². The van der Waals surface area contributed by atoms with Gasteiger partial charge in [0.05, 0.1) is 0 Å². The van der Waals surface area contributed by atoms with Crippen LogP contribution in [0.4, 0.5) is 0 Å². The molecule has 1 atom stereocenters. The SMILES string of the molecule is CC(C)(C)C(=N)c1cc2ccccc2cc1C1C(c2ccccc2)=Cc2ccccc21. The van der Waals surface area contributed by atoms with Crippen molar-refractivity contribution in [3.63, 3.8) is 0 Å². The Balaban J connectivity index is 1.80. The molecule has 1 heteroatoms. The predicted octanol–water partition coefficient (Wildman–Crippen LogP) is 7.94. The van der Waals surface area contributed by atoms with Crippen molar-refractivity contribution < 1.29 is 0 Å². The predicted molar refractivity (Wildman–Crippen MR) is 133 cm³/mol. The van der Waals surface area contributed by atoms with E-state index in [0.717, 1.165) is 5.56 Å². The summed E-state index contributed by atoms with van der Waals surface area (Å²) in [6.45, 7) is 6.39. The van der Waals surface area contributed by atoms with Crippen LogP contribution in [0.15, 0.2) is 91.0 Å². The maximum absolute atomic E-state index is 9.10. The number of hydrogen-bond acceptors (Lipinski definition) is 1. The molecule has 0 aromatic heterocycles. The van der Waals surface area contributed by atoms with Crippen molar-refractivity contribution >= 4 is 28.1 Å². The first-order valence-electron chi connectivity index (χ1n) is 10.9. The van der Waals surface area contributed by atoms with Crippen LogP contribution in [0, 0.1) is 10.8 Å². The zero-order valence-electron chi connectivity index (χ0n) is 18.3. The van der Waals surface area contributed by atoms with Crippen LogP contribution < -0.4 is 0 Å². The molecule has 1 aliphatic carbocycles. The van der Waals surface area contributed by atoms with Gasteiger partial charge >= 0.3 is 0 Å². The van der Waals surface area contributed by atoms with Gasteiger partial charge in [-0.1, -0.05) is 99.6 Å². The summed E-state index contributed by atoms with van der Waals surface area (Å²) >= 11 is 0. The van der Waals surface area contributed by atoms with Crippen molar-refractivity contribution in [3.05, 3.63) is 119 Å². The fourth-order valence-electron chi connectivity index (χ4n) is 4.66. The molecule has 0 heterocycles. The Morgan fingerprint density at radius 1 is 0.710 bits per heavy atom. The molecule has 0 saturated heterocycles. The standard InChI is InChI=1S/C30H27N/c1-30(2,3)29(31)27-18-22-14-8-7-13-21(22)17-26(27)28-24-16-10-9-15-23(24)19-25(28)20-11-5-4-6-12-20/h4-19,28,31H,1-3H3. The zero-order valence-corrected chi connectivity index (χ0v) is 18.3. The van der Waals surface area contributed by atoms with Gasteiger partial charge < -0.3 is 5.41 Å². The molecule has 4 aromatic rings. The molecule has 5 rings (SSSR count). The number of benzene rings is 4. The summed E-state index contributed by atoms with van der Waals surface area (Å²) in [5, 5.41) is 11.5. The van der Waals surface area contributed by atoms with Crippen LogP contribution in [-0.4, -0.2) is 5.71 Å². The Labute approximate surface area is 184 Å². The molecule has 0 spiro atoms. The third kappa shape index (κ3) is 3.41. The number of allylic oxidation sites excluding steroid dienone is 1. The first-order chi connectivity index (χ1) is 14.9. The maximum atomic E-state index is 9.10. The van der Waals surface area contributed by atoms with Crippen molar-refractivity contribution in [2.24, 2.45) is 5.41 Å². The topological polar surface area (TPSA) is 23.9 Å². The highest BCUT2D eigenvalue weighted by Gasteiger charge is 2.32. The molecule has 31 heavy (non-hydrogen) atoms. The Hall–Kier alpha value is -3.45. The third-order valence-corrected chi connectivity index (χ3v) is 6.28. The van der Waals surface area contributed by atoms with E-state index in [-0.39, 0.29) is 11.3 Å². The van der Waals surface area contributed by atoms with E-state index in [9.17, 15) is 0 Å². The lowest BCUT2D eigenvalue weighted by atomic mass is 9.77. The first-order valence-corrected chi connectivity index (χ1v) is 10.9. The van der Waals surface area contributed by atoms with Crippen molar-refractivity contribution in [2.45, 2.75) is 26.7 Å². The molecule has 0 radical (unpaired) electrons. The van der Waals surface area contributed by atoms with Gasteiger partial charge in [0.25, 0.3) is 0 Å². The molecule has 0 fully saturated rings. The summed E-state index contributed by atoms with van der Waals surface area (Å²) in [5.74, 6) is 0.112. The molecule has 152 valence electrons. The van der Waals surface area contributed by atoms with Gasteiger partial charge in [-0.15, -0.1) is 0 Å². The Bertz CT molecular complexity index is 1320.